The van der Waals surface area contributed by atoms with E-state index in [4.69, 9.17) is 0 Å². The first-order chi connectivity index (χ1) is 9.20. The lowest BCUT2D eigenvalue weighted by molar-refractivity contribution is 0.384. The summed E-state index contributed by atoms with van der Waals surface area (Å²) in [7, 11) is 2.16. The zero-order valence-electron chi connectivity index (χ0n) is 12.3. The molecule has 0 saturated heterocycles. The van der Waals surface area contributed by atoms with Gasteiger partial charge in [-0.25, -0.2) is 0 Å². The van der Waals surface area contributed by atoms with Crippen LogP contribution >= 0.6 is 0 Å². The van der Waals surface area contributed by atoms with Crippen molar-refractivity contribution < 1.29 is 0 Å². The second kappa shape index (κ2) is 4.09. The maximum absolute atomic E-state index is 3.65. The van der Waals surface area contributed by atoms with E-state index in [2.05, 4.69) is 44.4 Å². The third kappa shape index (κ3) is 1.64. The molecule has 0 aliphatic heterocycles. The van der Waals surface area contributed by atoms with Gasteiger partial charge in [0.05, 0.1) is 0 Å². The molecule has 0 amide bonds. The Balaban J connectivity index is 1.64. The molecule has 4 rings (SSSR count). The summed E-state index contributed by atoms with van der Waals surface area (Å²) in [5.41, 5.74) is 4.42. The largest absolute Gasteiger partial charge is 0.313 e. The number of nitrogens with one attached hydrogen (secondary N) is 1. The van der Waals surface area contributed by atoms with Gasteiger partial charge in [-0.15, -0.1) is 0 Å². The second-order valence-electron chi connectivity index (χ2n) is 7.19. The Morgan fingerprint density at radius 3 is 2.42 bits per heavy atom. The van der Waals surface area contributed by atoms with Crippen LogP contribution in [0.1, 0.15) is 42.0 Å². The molecule has 1 aromatic rings. The zero-order chi connectivity index (χ0) is 13.1. The van der Waals surface area contributed by atoms with Crippen molar-refractivity contribution in [3.63, 3.8) is 0 Å². The van der Waals surface area contributed by atoms with Gasteiger partial charge < -0.3 is 5.32 Å². The average Bonchev–Trinajstić information content (AvgIpc) is 2.82. The van der Waals surface area contributed by atoms with Crippen LogP contribution in [0.3, 0.4) is 0 Å². The molecule has 3 fully saturated rings. The SMILES string of the molecule is CNC(c1cc(C)ccc1C)C1C2C3CCC(C3)C21. The number of rotatable bonds is 3. The van der Waals surface area contributed by atoms with E-state index in [0.717, 1.165) is 29.6 Å². The highest BCUT2D eigenvalue weighted by Gasteiger charge is 2.66. The van der Waals surface area contributed by atoms with Gasteiger partial charge in [0.25, 0.3) is 0 Å². The van der Waals surface area contributed by atoms with Crippen LogP contribution < -0.4 is 5.32 Å². The van der Waals surface area contributed by atoms with E-state index >= 15 is 0 Å². The Labute approximate surface area is 116 Å². The normalized spacial score (nSPS) is 40.3. The van der Waals surface area contributed by atoms with Crippen LogP contribution in [0.5, 0.6) is 0 Å². The summed E-state index contributed by atoms with van der Waals surface area (Å²) in [5.74, 6) is 5.17. The first kappa shape index (κ1) is 12.0. The monoisotopic (exact) mass is 255 g/mol. The Hall–Kier alpha value is -0.820. The van der Waals surface area contributed by atoms with Crippen molar-refractivity contribution in [3.8, 4) is 0 Å². The van der Waals surface area contributed by atoms with Gasteiger partial charge in [-0.1, -0.05) is 23.8 Å². The fraction of sp³-hybridized carbons (Fsp3) is 0.667. The summed E-state index contributed by atoms with van der Waals surface area (Å²) in [6.45, 7) is 4.49. The van der Waals surface area contributed by atoms with E-state index in [1.807, 2.05) is 0 Å². The molecule has 1 N–H and O–H groups in total. The van der Waals surface area contributed by atoms with Gasteiger partial charge in [0.15, 0.2) is 0 Å². The lowest BCUT2D eigenvalue weighted by Gasteiger charge is -2.22. The van der Waals surface area contributed by atoms with E-state index in [1.54, 1.807) is 12.0 Å². The molecule has 3 aliphatic carbocycles. The molecule has 1 nitrogen and oxygen atoms in total. The molecular weight excluding hydrogens is 230 g/mol. The predicted molar refractivity (Wildman–Crippen MR) is 79.0 cm³/mol. The van der Waals surface area contributed by atoms with E-state index in [1.165, 1.54) is 24.0 Å². The minimum Gasteiger partial charge on any atom is -0.313 e. The summed E-state index contributed by atoms with van der Waals surface area (Å²) in [4.78, 5) is 0. The Bertz CT molecular complexity index is 490. The maximum atomic E-state index is 3.65. The summed E-state index contributed by atoms with van der Waals surface area (Å²) >= 11 is 0. The molecule has 102 valence electrons. The predicted octanol–water partition coefficient (Wildman–Crippen LogP) is 3.86. The molecule has 0 spiro atoms. The molecular formula is C18H25N. The van der Waals surface area contributed by atoms with Crippen LogP contribution in [0, 0.1) is 43.4 Å². The summed E-state index contributed by atoms with van der Waals surface area (Å²) < 4.78 is 0. The van der Waals surface area contributed by atoms with Crippen molar-refractivity contribution in [1.82, 2.24) is 5.32 Å². The van der Waals surface area contributed by atoms with Gasteiger partial charge in [0, 0.05) is 6.04 Å². The smallest absolute Gasteiger partial charge is 0.0354 e. The third-order valence-corrected chi connectivity index (χ3v) is 6.26. The number of aryl methyl sites for hydroxylation is 2. The number of benzene rings is 1. The highest BCUT2D eigenvalue weighted by Crippen LogP contribution is 2.72. The molecule has 3 saturated carbocycles. The van der Waals surface area contributed by atoms with Crippen LogP contribution in [0.4, 0.5) is 0 Å². The van der Waals surface area contributed by atoms with Crippen LogP contribution in [-0.2, 0) is 0 Å². The van der Waals surface area contributed by atoms with E-state index in [-0.39, 0.29) is 0 Å². The number of hydrogen-bond acceptors (Lipinski definition) is 1. The first-order valence-electron chi connectivity index (χ1n) is 7.95. The average molecular weight is 255 g/mol. The van der Waals surface area contributed by atoms with Crippen LogP contribution in [0.15, 0.2) is 18.2 Å². The minimum absolute atomic E-state index is 0.596. The minimum atomic E-state index is 0.596. The number of fused-ring (bicyclic) bond motifs is 5. The van der Waals surface area contributed by atoms with Crippen molar-refractivity contribution in [2.45, 2.75) is 39.2 Å². The van der Waals surface area contributed by atoms with Crippen molar-refractivity contribution in [2.24, 2.45) is 29.6 Å². The molecule has 0 heterocycles. The lowest BCUT2D eigenvalue weighted by Crippen LogP contribution is -2.23. The van der Waals surface area contributed by atoms with Gasteiger partial charge >= 0.3 is 0 Å². The van der Waals surface area contributed by atoms with Gasteiger partial charge in [-0.3, -0.25) is 0 Å². The molecule has 3 aliphatic rings. The molecule has 2 bridgehead atoms. The van der Waals surface area contributed by atoms with E-state index in [9.17, 15) is 0 Å². The molecule has 0 radical (unpaired) electrons. The van der Waals surface area contributed by atoms with Crippen molar-refractivity contribution in [2.75, 3.05) is 7.05 Å². The highest BCUT2D eigenvalue weighted by atomic mass is 14.9. The molecule has 19 heavy (non-hydrogen) atoms. The number of hydrogen-bond donors (Lipinski definition) is 1. The Morgan fingerprint density at radius 2 is 1.79 bits per heavy atom. The van der Waals surface area contributed by atoms with Gasteiger partial charge in [0.1, 0.15) is 0 Å². The van der Waals surface area contributed by atoms with Crippen molar-refractivity contribution in [3.05, 3.63) is 34.9 Å². The van der Waals surface area contributed by atoms with Crippen LogP contribution in [0.2, 0.25) is 0 Å². The Kier molecular flexibility index (Phi) is 2.57. The van der Waals surface area contributed by atoms with Crippen molar-refractivity contribution >= 4 is 0 Å². The van der Waals surface area contributed by atoms with Gasteiger partial charge in [-0.05, 0) is 80.9 Å². The van der Waals surface area contributed by atoms with Crippen LogP contribution in [0.25, 0.3) is 0 Å². The first-order valence-corrected chi connectivity index (χ1v) is 7.95. The molecule has 5 unspecified atom stereocenters. The van der Waals surface area contributed by atoms with Gasteiger partial charge in [-0.2, -0.15) is 0 Å². The quantitative estimate of drug-likeness (QED) is 0.865. The Morgan fingerprint density at radius 1 is 1.11 bits per heavy atom. The second-order valence-corrected chi connectivity index (χ2v) is 7.19. The van der Waals surface area contributed by atoms with Gasteiger partial charge in [0.2, 0.25) is 0 Å². The highest BCUT2D eigenvalue weighted by molar-refractivity contribution is 5.35. The third-order valence-electron chi connectivity index (χ3n) is 6.26. The lowest BCUT2D eigenvalue weighted by atomic mass is 9.90. The van der Waals surface area contributed by atoms with Crippen LogP contribution in [-0.4, -0.2) is 7.05 Å². The van der Waals surface area contributed by atoms with E-state index in [0.29, 0.717) is 6.04 Å². The summed E-state index contributed by atoms with van der Waals surface area (Å²) in [5, 5.41) is 3.65. The molecule has 1 aromatic carbocycles. The summed E-state index contributed by atoms with van der Waals surface area (Å²) in [6.07, 6.45) is 4.59. The zero-order valence-corrected chi connectivity index (χ0v) is 12.3. The fourth-order valence-corrected chi connectivity index (χ4v) is 5.49. The molecule has 1 heteroatoms. The summed E-state index contributed by atoms with van der Waals surface area (Å²) in [6, 6.07) is 7.54. The standard InChI is InChI=1S/C18H25N/c1-10-4-5-11(2)14(8-10)18(19-3)17-15-12-6-7-13(9-12)16(15)17/h4-5,8,12-13,15-19H,6-7,9H2,1-3H3. The van der Waals surface area contributed by atoms with E-state index < -0.39 is 0 Å². The topological polar surface area (TPSA) is 12.0 Å². The maximum Gasteiger partial charge on any atom is 0.0354 e. The molecule has 0 aromatic heterocycles. The van der Waals surface area contributed by atoms with Crippen molar-refractivity contribution in [1.29, 1.82) is 0 Å². The fourth-order valence-electron chi connectivity index (χ4n) is 5.49. The molecule has 5 atom stereocenters.